The van der Waals surface area contributed by atoms with Gasteiger partial charge in [0, 0.05) is 23.2 Å². The van der Waals surface area contributed by atoms with Gasteiger partial charge >= 0.3 is 0 Å². The van der Waals surface area contributed by atoms with Crippen LogP contribution in [0.2, 0.25) is 5.02 Å². The smallest absolute Gasteiger partial charge is 0.241 e. The molecular weight excluding hydrogens is 304 g/mol. The molecule has 0 aliphatic rings. The van der Waals surface area contributed by atoms with E-state index in [-0.39, 0.29) is 18.5 Å². The summed E-state index contributed by atoms with van der Waals surface area (Å²) in [4.78, 5) is 13.4. The van der Waals surface area contributed by atoms with Crippen LogP contribution in [0.25, 0.3) is 0 Å². The Hall–Kier alpha value is -0.740. The Kier molecular flexibility index (Phi) is 5.28. The van der Waals surface area contributed by atoms with Gasteiger partial charge in [-0.1, -0.05) is 11.6 Å². The average Bonchev–Trinajstić information content (AvgIpc) is 2.29. The van der Waals surface area contributed by atoms with Crippen LogP contribution in [0.5, 0.6) is 0 Å². The number of hydrogen-bond donors (Lipinski definition) is 1. The van der Waals surface area contributed by atoms with Crippen LogP contribution in [0.15, 0.2) is 22.7 Å². The second-order valence-corrected chi connectivity index (χ2v) is 5.34. The molecule has 0 spiro atoms. The molecule has 0 fully saturated rings. The fourth-order valence-corrected chi connectivity index (χ4v) is 1.62. The molecule has 0 unspecified atom stereocenters. The molecule has 0 aliphatic heterocycles. The maximum Gasteiger partial charge on any atom is 0.241 e. The zero-order valence-electron chi connectivity index (χ0n) is 10.1. The van der Waals surface area contributed by atoms with E-state index >= 15 is 0 Å². The van der Waals surface area contributed by atoms with Gasteiger partial charge in [-0.2, -0.15) is 0 Å². The quantitative estimate of drug-likeness (QED) is 0.922. The van der Waals surface area contributed by atoms with E-state index in [2.05, 4.69) is 21.2 Å². The van der Waals surface area contributed by atoms with Crippen molar-refractivity contribution in [1.29, 1.82) is 0 Å². The summed E-state index contributed by atoms with van der Waals surface area (Å²) in [7, 11) is 1.79. The summed E-state index contributed by atoms with van der Waals surface area (Å²) >= 11 is 9.28. The number of carbonyl (C=O) groups excluding carboxylic acids is 1. The number of rotatable bonds is 4. The lowest BCUT2D eigenvalue weighted by molar-refractivity contribution is -0.129. The lowest BCUT2D eigenvalue weighted by Gasteiger charge is -2.21. The van der Waals surface area contributed by atoms with Gasteiger partial charge in [-0.05, 0) is 48.0 Å². The van der Waals surface area contributed by atoms with Gasteiger partial charge in [0.05, 0.1) is 11.6 Å². The van der Waals surface area contributed by atoms with Crippen LogP contribution >= 0.6 is 27.5 Å². The fourth-order valence-electron chi connectivity index (χ4n) is 1.20. The summed E-state index contributed by atoms with van der Waals surface area (Å²) in [5.41, 5.74) is 0.837. The van der Waals surface area contributed by atoms with Crippen LogP contribution in [0, 0.1) is 0 Å². The van der Waals surface area contributed by atoms with Gasteiger partial charge < -0.3 is 10.2 Å². The minimum absolute atomic E-state index is 0.0547. The van der Waals surface area contributed by atoms with Crippen molar-refractivity contribution in [2.75, 3.05) is 18.9 Å². The fraction of sp³-hybridized carbons (Fsp3) is 0.417. The van der Waals surface area contributed by atoms with Crippen molar-refractivity contribution >= 4 is 39.1 Å². The van der Waals surface area contributed by atoms with Crippen molar-refractivity contribution in [3.63, 3.8) is 0 Å². The number of nitrogens with zero attached hydrogens (tertiary/aromatic N) is 1. The maximum absolute atomic E-state index is 11.7. The van der Waals surface area contributed by atoms with Gasteiger partial charge in [0.1, 0.15) is 0 Å². The Labute approximate surface area is 115 Å². The molecule has 0 heterocycles. The average molecular weight is 320 g/mol. The monoisotopic (exact) mass is 318 g/mol. The van der Waals surface area contributed by atoms with E-state index in [1.54, 1.807) is 18.0 Å². The standard InChI is InChI=1S/C12H16BrClN2O/c1-8(2)16(3)12(17)7-15-9-4-5-10(13)11(14)6-9/h4-6,8,15H,7H2,1-3H3. The SMILES string of the molecule is CC(C)N(C)C(=O)CNc1ccc(Br)c(Cl)c1. The zero-order valence-corrected chi connectivity index (χ0v) is 12.5. The largest absolute Gasteiger partial charge is 0.376 e. The lowest BCUT2D eigenvalue weighted by Crippen LogP contribution is -2.37. The second-order valence-electron chi connectivity index (χ2n) is 4.08. The van der Waals surface area contributed by atoms with Crippen LogP contribution in [0.3, 0.4) is 0 Å². The van der Waals surface area contributed by atoms with Crippen LogP contribution in [0.1, 0.15) is 13.8 Å². The van der Waals surface area contributed by atoms with Crippen molar-refractivity contribution in [2.45, 2.75) is 19.9 Å². The van der Waals surface area contributed by atoms with E-state index in [0.29, 0.717) is 5.02 Å². The molecular formula is C12H16BrClN2O. The summed E-state index contributed by atoms with van der Waals surface area (Å²) in [6.45, 7) is 4.23. The van der Waals surface area contributed by atoms with Crippen LogP contribution in [-0.2, 0) is 4.79 Å². The molecule has 0 bridgehead atoms. The van der Waals surface area contributed by atoms with E-state index in [4.69, 9.17) is 11.6 Å². The Morgan fingerprint density at radius 1 is 1.53 bits per heavy atom. The van der Waals surface area contributed by atoms with Gasteiger partial charge in [0.2, 0.25) is 5.91 Å². The number of halogens is 2. The van der Waals surface area contributed by atoms with Crippen molar-refractivity contribution in [1.82, 2.24) is 4.90 Å². The lowest BCUT2D eigenvalue weighted by atomic mass is 10.3. The van der Waals surface area contributed by atoms with Crippen molar-refractivity contribution in [3.8, 4) is 0 Å². The number of nitrogens with one attached hydrogen (secondary N) is 1. The molecule has 0 radical (unpaired) electrons. The molecule has 1 amide bonds. The molecule has 0 aromatic heterocycles. The van der Waals surface area contributed by atoms with Crippen molar-refractivity contribution in [3.05, 3.63) is 27.7 Å². The molecule has 17 heavy (non-hydrogen) atoms. The molecule has 5 heteroatoms. The topological polar surface area (TPSA) is 32.3 Å². The van der Waals surface area contributed by atoms with E-state index in [1.807, 2.05) is 26.0 Å². The molecule has 1 aromatic rings. The van der Waals surface area contributed by atoms with Gasteiger partial charge in [-0.3, -0.25) is 4.79 Å². The van der Waals surface area contributed by atoms with Gasteiger partial charge in [-0.15, -0.1) is 0 Å². The van der Waals surface area contributed by atoms with Crippen LogP contribution in [0.4, 0.5) is 5.69 Å². The summed E-state index contributed by atoms with van der Waals surface area (Å²) in [5, 5.41) is 3.68. The van der Waals surface area contributed by atoms with E-state index < -0.39 is 0 Å². The molecule has 1 aromatic carbocycles. The molecule has 94 valence electrons. The first-order valence-electron chi connectivity index (χ1n) is 5.36. The molecule has 0 saturated heterocycles. The number of hydrogen-bond acceptors (Lipinski definition) is 2. The van der Waals surface area contributed by atoms with Gasteiger partial charge in [-0.25, -0.2) is 0 Å². The minimum atomic E-state index is 0.0547. The number of benzene rings is 1. The molecule has 0 aliphatic carbocycles. The normalized spacial score (nSPS) is 10.5. The molecule has 1 rings (SSSR count). The molecule has 0 saturated carbocycles. The molecule has 1 N–H and O–H groups in total. The second kappa shape index (κ2) is 6.26. The predicted octanol–water partition coefficient (Wildman–Crippen LogP) is 3.38. The Morgan fingerprint density at radius 3 is 2.71 bits per heavy atom. The van der Waals surface area contributed by atoms with E-state index in [9.17, 15) is 4.79 Å². The van der Waals surface area contributed by atoms with Crippen molar-refractivity contribution < 1.29 is 4.79 Å². The number of amides is 1. The Bertz CT molecular complexity index is 409. The van der Waals surface area contributed by atoms with Gasteiger partial charge in [0.25, 0.3) is 0 Å². The van der Waals surface area contributed by atoms with E-state index in [1.165, 1.54) is 0 Å². The maximum atomic E-state index is 11.7. The Morgan fingerprint density at radius 2 is 2.18 bits per heavy atom. The first-order valence-corrected chi connectivity index (χ1v) is 6.53. The van der Waals surface area contributed by atoms with Crippen LogP contribution in [-0.4, -0.2) is 30.4 Å². The van der Waals surface area contributed by atoms with Crippen LogP contribution < -0.4 is 5.32 Å². The van der Waals surface area contributed by atoms with Crippen molar-refractivity contribution in [2.24, 2.45) is 0 Å². The third-order valence-electron chi connectivity index (χ3n) is 2.53. The highest BCUT2D eigenvalue weighted by atomic mass is 79.9. The number of carbonyl (C=O) groups is 1. The summed E-state index contributed by atoms with van der Waals surface area (Å²) in [6.07, 6.45) is 0. The minimum Gasteiger partial charge on any atom is -0.376 e. The number of likely N-dealkylation sites (N-methyl/N-ethyl adjacent to an activating group) is 1. The summed E-state index contributed by atoms with van der Waals surface area (Å²) < 4.78 is 0.843. The zero-order chi connectivity index (χ0) is 13.0. The predicted molar refractivity (Wildman–Crippen MR) is 75.5 cm³/mol. The first kappa shape index (κ1) is 14.3. The number of anilines is 1. The molecule has 0 atom stereocenters. The Balaban J connectivity index is 2.56. The van der Waals surface area contributed by atoms with E-state index in [0.717, 1.165) is 10.2 Å². The highest BCUT2D eigenvalue weighted by Crippen LogP contribution is 2.25. The molecule has 3 nitrogen and oxygen atoms in total. The third kappa shape index (κ3) is 4.21. The summed E-state index contributed by atoms with van der Waals surface area (Å²) in [6, 6.07) is 5.71. The highest BCUT2D eigenvalue weighted by molar-refractivity contribution is 9.10. The first-order chi connectivity index (χ1) is 7.91. The van der Waals surface area contributed by atoms with Gasteiger partial charge in [0.15, 0.2) is 0 Å². The highest BCUT2D eigenvalue weighted by Gasteiger charge is 2.11. The third-order valence-corrected chi connectivity index (χ3v) is 3.76. The summed E-state index contributed by atoms with van der Waals surface area (Å²) in [5.74, 6) is 0.0547.